The number of nitrogens with zero attached hydrogens (tertiary/aromatic N) is 1. The maximum Gasteiger partial charge on any atom is 0.270 e. The third-order valence-corrected chi connectivity index (χ3v) is 4.28. The second kappa shape index (κ2) is 6.89. The Morgan fingerprint density at radius 1 is 1.50 bits per heavy atom. The van der Waals surface area contributed by atoms with E-state index in [0.717, 1.165) is 25.1 Å². The highest BCUT2D eigenvalue weighted by atomic mass is 32.1. The van der Waals surface area contributed by atoms with Crippen molar-refractivity contribution in [2.75, 3.05) is 18.5 Å². The van der Waals surface area contributed by atoms with Crippen LogP contribution in [0.1, 0.15) is 28.9 Å². The summed E-state index contributed by atoms with van der Waals surface area (Å²) < 4.78 is 5.49. The van der Waals surface area contributed by atoms with E-state index < -0.39 is 0 Å². The number of benzene rings is 1. The first kappa shape index (κ1) is 15.0. The van der Waals surface area contributed by atoms with Crippen molar-refractivity contribution >= 4 is 28.1 Å². The number of hydrogen-bond acceptors (Lipinski definition) is 5. The molecule has 0 radical (unpaired) electrons. The molecule has 1 aromatic carbocycles. The van der Waals surface area contributed by atoms with Crippen molar-refractivity contribution in [2.24, 2.45) is 0 Å². The third-order valence-electron chi connectivity index (χ3n) is 3.52. The van der Waals surface area contributed by atoms with Crippen molar-refractivity contribution in [3.63, 3.8) is 0 Å². The number of carbonyl (C=O) groups is 1. The molecule has 1 aromatic heterocycles. The first-order valence-electron chi connectivity index (χ1n) is 7.40. The van der Waals surface area contributed by atoms with Gasteiger partial charge in [0.05, 0.1) is 6.10 Å². The van der Waals surface area contributed by atoms with E-state index in [4.69, 9.17) is 4.74 Å². The summed E-state index contributed by atoms with van der Waals surface area (Å²) in [5.74, 6) is -0.149. The summed E-state index contributed by atoms with van der Waals surface area (Å²) in [6.07, 6.45) is 2.23. The fourth-order valence-corrected chi connectivity index (χ4v) is 3.09. The molecule has 6 heteroatoms. The van der Waals surface area contributed by atoms with Gasteiger partial charge in [-0.2, -0.15) is 0 Å². The van der Waals surface area contributed by atoms with Crippen LogP contribution in [0.3, 0.4) is 0 Å². The van der Waals surface area contributed by atoms with Gasteiger partial charge in [0.15, 0.2) is 5.13 Å². The number of nitrogens with one attached hydrogen (secondary N) is 2. The molecule has 116 valence electrons. The number of amides is 1. The van der Waals surface area contributed by atoms with Crippen LogP contribution in [0.5, 0.6) is 0 Å². The molecule has 1 fully saturated rings. The molecule has 0 spiro atoms. The zero-order valence-corrected chi connectivity index (χ0v) is 13.3. The lowest BCUT2D eigenvalue weighted by Crippen LogP contribution is -2.31. The molecule has 1 atom stereocenters. The van der Waals surface area contributed by atoms with Crippen LogP contribution < -0.4 is 10.6 Å². The molecule has 2 aromatic rings. The number of carbonyl (C=O) groups excluding carboxylic acids is 1. The van der Waals surface area contributed by atoms with Gasteiger partial charge < -0.3 is 15.4 Å². The fourth-order valence-electron chi connectivity index (χ4n) is 2.38. The predicted molar refractivity (Wildman–Crippen MR) is 87.9 cm³/mol. The van der Waals surface area contributed by atoms with Crippen LogP contribution in [0.4, 0.5) is 10.8 Å². The summed E-state index contributed by atoms with van der Waals surface area (Å²) >= 11 is 1.42. The Kier molecular flexibility index (Phi) is 4.70. The minimum absolute atomic E-state index is 0.146. The predicted octanol–water partition coefficient (Wildman–Crippen LogP) is 3.10. The van der Waals surface area contributed by atoms with Gasteiger partial charge in [-0.15, -0.1) is 11.3 Å². The van der Waals surface area contributed by atoms with Crippen LogP contribution in [0.2, 0.25) is 0 Å². The molecule has 3 rings (SSSR count). The second-order valence-corrected chi connectivity index (χ2v) is 6.24. The van der Waals surface area contributed by atoms with E-state index in [1.165, 1.54) is 16.9 Å². The van der Waals surface area contributed by atoms with Crippen LogP contribution >= 0.6 is 11.3 Å². The van der Waals surface area contributed by atoms with Crippen LogP contribution in [-0.4, -0.2) is 30.1 Å². The highest BCUT2D eigenvalue weighted by molar-refractivity contribution is 7.14. The molecular weight excluding hydrogens is 298 g/mol. The van der Waals surface area contributed by atoms with Crippen LogP contribution in [0.15, 0.2) is 29.6 Å². The van der Waals surface area contributed by atoms with Crippen LogP contribution in [-0.2, 0) is 4.74 Å². The molecular formula is C16H19N3O2S. The van der Waals surface area contributed by atoms with Crippen molar-refractivity contribution in [3.8, 4) is 0 Å². The largest absolute Gasteiger partial charge is 0.376 e. The van der Waals surface area contributed by atoms with Crippen molar-refractivity contribution in [2.45, 2.75) is 25.9 Å². The van der Waals surface area contributed by atoms with Crippen LogP contribution in [0, 0.1) is 6.92 Å². The second-order valence-electron chi connectivity index (χ2n) is 5.38. The van der Waals surface area contributed by atoms with Gasteiger partial charge in [-0.1, -0.05) is 12.1 Å². The van der Waals surface area contributed by atoms with Gasteiger partial charge >= 0.3 is 0 Å². The highest BCUT2D eigenvalue weighted by Crippen LogP contribution is 2.21. The summed E-state index contributed by atoms with van der Waals surface area (Å²) in [4.78, 5) is 16.4. The van der Waals surface area contributed by atoms with E-state index in [9.17, 15) is 4.79 Å². The normalized spacial score (nSPS) is 17.4. The minimum atomic E-state index is -0.149. The maximum atomic E-state index is 12.1. The van der Waals surface area contributed by atoms with Gasteiger partial charge in [0.1, 0.15) is 5.69 Å². The standard InChI is InChI=1S/C16H19N3O2S/c1-11-4-2-5-12(8-11)18-16-19-14(10-22-16)15(20)17-9-13-6-3-7-21-13/h2,4-5,8,10,13H,3,6-7,9H2,1H3,(H,17,20)(H,18,19)/t13-/m0/s1. The number of aromatic nitrogens is 1. The van der Waals surface area contributed by atoms with Gasteiger partial charge in [0.2, 0.25) is 0 Å². The average molecular weight is 317 g/mol. The molecule has 0 saturated carbocycles. The van der Waals surface area contributed by atoms with Gasteiger partial charge in [0, 0.05) is 24.2 Å². The zero-order valence-electron chi connectivity index (χ0n) is 12.5. The Bertz CT molecular complexity index is 650. The molecule has 5 nitrogen and oxygen atoms in total. The molecule has 1 amide bonds. The Labute approximate surface area is 133 Å². The Morgan fingerprint density at radius 3 is 3.18 bits per heavy atom. The highest BCUT2D eigenvalue weighted by Gasteiger charge is 2.17. The van der Waals surface area contributed by atoms with Gasteiger partial charge in [-0.25, -0.2) is 4.98 Å². The Balaban J connectivity index is 1.57. The Morgan fingerprint density at radius 2 is 2.41 bits per heavy atom. The quantitative estimate of drug-likeness (QED) is 0.889. The summed E-state index contributed by atoms with van der Waals surface area (Å²) in [5.41, 5.74) is 2.59. The monoisotopic (exact) mass is 317 g/mol. The first-order chi connectivity index (χ1) is 10.7. The number of anilines is 2. The Hall–Kier alpha value is -1.92. The SMILES string of the molecule is Cc1cccc(Nc2nc(C(=O)NC[C@@H]3CCCO3)cs2)c1. The van der Waals surface area contributed by atoms with Crippen molar-refractivity contribution in [3.05, 3.63) is 40.9 Å². The van der Waals surface area contributed by atoms with Crippen molar-refractivity contribution in [1.82, 2.24) is 10.3 Å². The number of aryl methyl sites for hydroxylation is 1. The zero-order chi connectivity index (χ0) is 15.4. The van der Waals surface area contributed by atoms with Crippen molar-refractivity contribution in [1.29, 1.82) is 0 Å². The molecule has 0 bridgehead atoms. The van der Waals surface area contributed by atoms with Gasteiger partial charge in [0.25, 0.3) is 5.91 Å². The number of thiazole rings is 1. The molecule has 2 N–H and O–H groups in total. The number of ether oxygens (including phenoxy) is 1. The topological polar surface area (TPSA) is 63.2 Å². The smallest absolute Gasteiger partial charge is 0.270 e. The van der Waals surface area contributed by atoms with E-state index in [1.807, 2.05) is 31.2 Å². The molecule has 1 saturated heterocycles. The lowest BCUT2D eigenvalue weighted by atomic mass is 10.2. The molecule has 1 aliphatic rings. The summed E-state index contributed by atoms with van der Waals surface area (Å²) in [7, 11) is 0. The van der Waals surface area contributed by atoms with E-state index in [1.54, 1.807) is 5.38 Å². The number of rotatable bonds is 5. The minimum Gasteiger partial charge on any atom is -0.376 e. The molecule has 22 heavy (non-hydrogen) atoms. The van der Waals surface area contributed by atoms with Crippen LogP contribution in [0.25, 0.3) is 0 Å². The molecule has 2 heterocycles. The van der Waals surface area contributed by atoms with E-state index >= 15 is 0 Å². The summed E-state index contributed by atoms with van der Waals surface area (Å²) in [6.45, 7) is 3.38. The molecule has 0 unspecified atom stereocenters. The number of hydrogen-bond donors (Lipinski definition) is 2. The lowest BCUT2D eigenvalue weighted by Gasteiger charge is -2.09. The first-order valence-corrected chi connectivity index (χ1v) is 8.28. The van der Waals surface area contributed by atoms with E-state index in [-0.39, 0.29) is 12.0 Å². The van der Waals surface area contributed by atoms with Gasteiger partial charge in [-0.05, 0) is 37.5 Å². The molecule has 1 aliphatic heterocycles. The van der Waals surface area contributed by atoms with Gasteiger partial charge in [-0.3, -0.25) is 4.79 Å². The van der Waals surface area contributed by atoms with E-state index in [2.05, 4.69) is 15.6 Å². The summed E-state index contributed by atoms with van der Waals surface area (Å²) in [5, 5.41) is 8.58. The maximum absolute atomic E-state index is 12.1. The lowest BCUT2D eigenvalue weighted by molar-refractivity contribution is 0.0854. The average Bonchev–Trinajstić information content (AvgIpc) is 3.16. The van der Waals surface area contributed by atoms with E-state index in [0.29, 0.717) is 17.4 Å². The van der Waals surface area contributed by atoms with Crippen molar-refractivity contribution < 1.29 is 9.53 Å². The third kappa shape index (κ3) is 3.84. The fraction of sp³-hybridized carbons (Fsp3) is 0.375. The molecule has 0 aliphatic carbocycles. The summed E-state index contributed by atoms with van der Waals surface area (Å²) in [6, 6.07) is 8.04.